The van der Waals surface area contributed by atoms with E-state index in [0.717, 1.165) is 0 Å². The van der Waals surface area contributed by atoms with Crippen LogP contribution in [0.3, 0.4) is 0 Å². The largest absolute Gasteiger partial charge is 0.464 e. The van der Waals surface area contributed by atoms with Crippen molar-refractivity contribution in [2.75, 3.05) is 7.11 Å². The molecule has 0 bridgehead atoms. The highest BCUT2D eigenvalue weighted by Gasteiger charge is 2.24. The summed E-state index contributed by atoms with van der Waals surface area (Å²) in [7, 11) is 1.31. The Balaban J connectivity index is 3.06. The zero-order chi connectivity index (χ0) is 13.9. The third-order valence-corrected chi connectivity index (χ3v) is 2.83. The average molecular weight is 255 g/mol. The van der Waals surface area contributed by atoms with Crippen molar-refractivity contribution in [3.63, 3.8) is 0 Å². The summed E-state index contributed by atoms with van der Waals surface area (Å²) in [5, 5.41) is 17.7. The van der Waals surface area contributed by atoms with Gasteiger partial charge < -0.3 is 9.84 Å². The van der Waals surface area contributed by atoms with Crippen LogP contribution in [0.4, 0.5) is 0 Å². The first-order chi connectivity index (χ1) is 8.38. The molecule has 6 nitrogen and oxygen atoms in total. The third-order valence-electron chi connectivity index (χ3n) is 2.83. The number of aliphatic hydroxyl groups excluding tert-OH is 1. The molecule has 0 aliphatic carbocycles. The van der Waals surface area contributed by atoms with Crippen LogP contribution in [0.2, 0.25) is 0 Å². The molecule has 0 spiro atoms. The lowest BCUT2D eigenvalue weighted by Crippen LogP contribution is -2.24. The number of rotatable bonds is 5. The van der Waals surface area contributed by atoms with Crippen LogP contribution in [0.1, 0.15) is 49.8 Å². The van der Waals surface area contributed by atoms with Gasteiger partial charge >= 0.3 is 5.97 Å². The SMILES string of the molecule is COC(=O)c1nnn(CC(O)C(C)C)c1C(C)C. The Morgan fingerprint density at radius 3 is 2.44 bits per heavy atom. The lowest BCUT2D eigenvalue weighted by Gasteiger charge is -2.17. The minimum atomic E-state index is -0.519. The van der Waals surface area contributed by atoms with Crippen molar-refractivity contribution in [3.05, 3.63) is 11.4 Å². The molecule has 1 rings (SSSR count). The van der Waals surface area contributed by atoms with Crippen LogP contribution in [0, 0.1) is 5.92 Å². The molecular weight excluding hydrogens is 234 g/mol. The molecule has 0 saturated heterocycles. The van der Waals surface area contributed by atoms with Gasteiger partial charge in [0, 0.05) is 0 Å². The Morgan fingerprint density at radius 1 is 1.39 bits per heavy atom. The summed E-state index contributed by atoms with van der Waals surface area (Å²) < 4.78 is 6.26. The molecule has 0 aliphatic heterocycles. The molecule has 0 aromatic carbocycles. The van der Waals surface area contributed by atoms with Crippen LogP contribution >= 0.6 is 0 Å². The number of nitrogens with zero attached hydrogens (tertiary/aromatic N) is 3. The molecule has 1 atom stereocenters. The summed E-state index contributed by atoms with van der Waals surface area (Å²) in [5.74, 6) is -0.298. The number of aromatic nitrogens is 3. The summed E-state index contributed by atoms with van der Waals surface area (Å²) in [6.07, 6.45) is -0.519. The lowest BCUT2D eigenvalue weighted by atomic mass is 10.1. The van der Waals surface area contributed by atoms with E-state index >= 15 is 0 Å². The summed E-state index contributed by atoms with van der Waals surface area (Å²) in [6.45, 7) is 8.08. The molecule has 0 radical (unpaired) electrons. The van der Waals surface area contributed by atoms with Gasteiger partial charge in [0.25, 0.3) is 0 Å². The molecule has 6 heteroatoms. The van der Waals surface area contributed by atoms with Crippen molar-refractivity contribution in [3.8, 4) is 0 Å². The van der Waals surface area contributed by atoms with Gasteiger partial charge in [0.05, 0.1) is 25.5 Å². The predicted molar refractivity (Wildman–Crippen MR) is 66.3 cm³/mol. The fourth-order valence-electron chi connectivity index (χ4n) is 1.66. The topological polar surface area (TPSA) is 77.2 Å². The molecule has 0 fully saturated rings. The molecule has 1 unspecified atom stereocenters. The van der Waals surface area contributed by atoms with Crippen molar-refractivity contribution in [2.24, 2.45) is 5.92 Å². The van der Waals surface area contributed by atoms with Crippen LogP contribution < -0.4 is 0 Å². The molecule has 0 saturated carbocycles. The fourth-order valence-corrected chi connectivity index (χ4v) is 1.66. The second kappa shape index (κ2) is 5.95. The molecule has 0 aliphatic rings. The average Bonchev–Trinajstić information content (AvgIpc) is 2.71. The normalized spacial score (nSPS) is 13.1. The maximum Gasteiger partial charge on any atom is 0.360 e. The van der Waals surface area contributed by atoms with Crippen LogP contribution in [0.25, 0.3) is 0 Å². The molecule has 1 aromatic rings. The van der Waals surface area contributed by atoms with Gasteiger partial charge in [-0.3, -0.25) is 0 Å². The van der Waals surface area contributed by atoms with E-state index < -0.39 is 12.1 Å². The van der Waals surface area contributed by atoms with E-state index in [2.05, 4.69) is 15.0 Å². The minimum Gasteiger partial charge on any atom is -0.464 e. The monoisotopic (exact) mass is 255 g/mol. The highest BCUT2D eigenvalue weighted by Crippen LogP contribution is 2.19. The maximum absolute atomic E-state index is 11.6. The first kappa shape index (κ1) is 14.6. The molecule has 1 heterocycles. The number of carbonyl (C=O) groups is 1. The van der Waals surface area contributed by atoms with Gasteiger partial charge in [-0.1, -0.05) is 32.9 Å². The van der Waals surface area contributed by atoms with Gasteiger partial charge in [0.2, 0.25) is 0 Å². The molecule has 102 valence electrons. The van der Waals surface area contributed by atoms with Crippen LogP contribution in [0.5, 0.6) is 0 Å². The van der Waals surface area contributed by atoms with E-state index in [1.807, 2.05) is 27.7 Å². The van der Waals surface area contributed by atoms with E-state index in [-0.39, 0.29) is 17.5 Å². The molecule has 1 aromatic heterocycles. The summed E-state index contributed by atoms with van der Waals surface area (Å²) in [6, 6.07) is 0. The number of esters is 1. The predicted octanol–water partition coefficient (Wildman–Crippen LogP) is 1.20. The van der Waals surface area contributed by atoms with Gasteiger partial charge in [0.1, 0.15) is 0 Å². The zero-order valence-electron chi connectivity index (χ0n) is 11.5. The Hall–Kier alpha value is -1.43. The number of hydrogen-bond donors (Lipinski definition) is 1. The number of hydrogen-bond acceptors (Lipinski definition) is 5. The van der Waals surface area contributed by atoms with E-state index in [0.29, 0.717) is 12.2 Å². The quantitative estimate of drug-likeness (QED) is 0.800. The Kier molecular flexibility index (Phi) is 4.84. The highest BCUT2D eigenvalue weighted by atomic mass is 16.5. The minimum absolute atomic E-state index is 0.0773. The van der Waals surface area contributed by atoms with Crippen LogP contribution in [0.15, 0.2) is 0 Å². The Morgan fingerprint density at radius 2 is 2.00 bits per heavy atom. The van der Waals surface area contributed by atoms with Crippen molar-refractivity contribution in [1.82, 2.24) is 15.0 Å². The highest BCUT2D eigenvalue weighted by molar-refractivity contribution is 5.88. The van der Waals surface area contributed by atoms with Gasteiger partial charge in [-0.2, -0.15) is 0 Å². The van der Waals surface area contributed by atoms with Crippen molar-refractivity contribution < 1.29 is 14.6 Å². The lowest BCUT2D eigenvalue weighted by molar-refractivity contribution is 0.0591. The van der Waals surface area contributed by atoms with Gasteiger partial charge in [-0.05, 0) is 11.8 Å². The summed E-state index contributed by atoms with van der Waals surface area (Å²) in [4.78, 5) is 11.6. The van der Waals surface area contributed by atoms with E-state index in [4.69, 9.17) is 0 Å². The van der Waals surface area contributed by atoms with E-state index in [1.165, 1.54) is 7.11 Å². The standard InChI is InChI=1S/C12H21N3O3/c1-7(2)9(16)6-15-11(8(3)4)10(13-14-15)12(17)18-5/h7-9,16H,6H2,1-5H3. The van der Waals surface area contributed by atoms with Crippen LogP contribution in [-0.2, 0) is 11.3 Å². The summed E-state index contributed by atoms with van der Waals surface area (Å²) in [5.41, 5.74) is 0.921. The summed E-state index contributed by atoms with van der Waals surface area (Å²) >= 11 is 0. The molecule has 0 amide bonds. The zero-order valence-corrected chi connectivity index (χ0v) is 11.5. The van der Waals surface area contributed by atoms with Gasteiger partial charge in [-0.25, -0.2) is 9.48 Å². The molecular formula is C12H21N3O3. The molecule has 1 N–H and O–H groups in total. The van der Waals surface area contributed by atoms with Crippen molar-refractivity contribution in [2.45, 2.75) is 46.3 Å². The number of methoxy groups -OCH3 is 1. The second-order valence-corrected chi connectivity index (χ2v) is 4.96. The first-order valence-electron chi connectivity index (χ1n) is 6.08. The fraction of sp³-hybridized carbons (Fsp3) is 0.750. The Bertz CT molecular complexity index is 413. The first-order valence-corrected chi connectivity index (χ1v) is 6.08. The van der Waals surface area contributed by atoms with Gasteiger partial charge in [0.15, 0.2) is 5.69 Å². The third kappa shape index (κ3) is 3.07. The molecule has 18 heavy (non-hydrogen) atoms. The smallest absolute Gasteiger partial charge is 0.360 e. The number of ether oxygens (including phenoxy) is 1. The number of carbonyl (C=O) groups excluding carboxylic acids is 1. The van der Waals surface area contributed by atoms with E-state index in [1.54, 1.807) is 4.68 Å². The van der Waals surface area contributed by atoms with Crippen molar-refractivity contribution >= 4 is 5.97 Å². The number of aliphatic hydroxyl groups is 1. The van der Waals surface area contributed by atoms with E-state index in [9.17, 15) is 9.90 Å². The Labute approximate surface area is 107 Å². The van der Waals surface area contributed by atoms with Crippen LogP contribution in [-0.4, -0.2) is 39.3 Å². The van der Waals surface area contributed by atoms with Crippen molar-refractivity contribution in [1.29, 1.82) is 0 Å². The van der Waals surface area contributed by atoms with Gasteiger partial charge in [-0.15, -0.1) is 5.10 Å². The second-order valence-electron chi connectivity index (χ2n) is 4.96. The maximum atomic E-state index is 11.6.